The van der Waals surface area contributed by atoms with Crippen molar-refractivity contribution in [3.8, 4) is 17.3 Å². The zero-order chi connectivity index (χ0) is 33.5. The van der Waals surface area contributed by atoms with Gasteiger partial charge in [-0.15, -0.1) is 0 Å². The normalized spacial score (nSPS) is 20.6. The standard InChI is InChI=1S/C37H24N2O9/c1-14-10-21(41)26-25-18(12-39(35(26)45)20-8-4-7-19-17(20)6-5-9-38-19)32(43)31-28(23(14)25)29-33(44)24-15(2)11-22(42)27-30(24)37(31,13-47-36(27)46)34(29)48-16(3)40/h4-12,29,34,42,45H,13H2,1-3H3/t29-,34-,37-/m0/s1. The molecule has 3 heterocycles. The number of esters is 2. The molecule has 0 fully saturated rings. The van der Waals surface area contributed by atoms with Crippen LogP contribution in [0, 0.1) is 13.8 Å². The van der Waals surface area contributed by atoms with E-state index in [1.807, 2.05) is 0 Å². The highest BCUT2D eigenvalue weighted by Crippen LogP contribution is 2.61. The van der Waals surface area contributed by atoms with Crippen LogP contribution in [0.4, 0.5) is 0 Å². The van der Waals surface area contributed by atoms with E-state index in [9.17, 15) is 29.4 Å². The minimum atomic E-state index is -1.66. The first kappa shape index (κ1) is 28.1. The number of phenolic OH excluding ortho intramolecular Hbond substituents is 1. The third-order valence-corrected chi connectivity index (χ3v) is 10.3. The van der Waals surface area contributed by atoms with Crippen LogP contribution in [-0.4, -0.2) is 50.2 Å². The average molecular weight is 641 g/mol. The highest BCUT2D eigenvalue weighted by molar-refractivity contribution is 6.20. The van der Waals surface area contributed by atoms with Gasteiger partial charge in [-0.3, -0.25) is 28.7 Å². The van der Waals surface area contributed by atoms with Gasteiger partial charge in [0.2, 0.25) is 5.88 Å². The van der Waals surface area contributed by atoms with Crippen molar-refractivity contribution in [2.45, 2.75) is 38.2 Å². The number of benzene rings is 4. The average Bonchev–Trinajstić information content (AvgIpc) is 3.25. The summed E-state index contributed by atoms with van der Waals surface area (Å²) in [5, 5.41) is 24.0. The number of hydrogen-bond acceptors (Lipinski definition) is 10. The number of Topliss-reactive ketones (excluding diaryl/α,β-unsaturated/α-hetero) is 1. The van der Waals surface area contributed by atoms with E-state index < -0.39 is 64.3 Å². The number of nitrogens with zero attached hydrogens (tertiary/aromatic N) is 2. The number of phenols is 1. The Bertz CT molecular complexity index is 2670. The molecule has 2 aromatic heterocycles. The Hall–Kier alpha value is -6.10. The van der Waals surface area contributed by atoms with E-state index in [0.29, 0.717) is 33.1 Å². The molecule has 1 aliphatic heterocycles. The van der Waals surface area contributed by atoms with Gasteiger partial charge < -0.3 is 19.7 Å². The smallest absolute Gasteiger partial charge is 0.342 e. The molecule has 9 rings (SSSR count). The lowest BCUT2D eigenvalue weighted by Crippen LogP contribution is -2.55. The summed E-state index contributed by atoms with van der Waals surface area (Å²) >= 11 is 0. The van der Waals surface area contributed by atoms with Gasteiger partial charge in [0.1, 0.15) is 24.0 Å². The fourth-order valence-electron chi connectivity index (χ4n) is 8.65. The Kier molecular flexibility index (Phi) is 5.30. The Labute approximate surface area is 269 Å². The number of rotatable bonds is 2. The minimum Gasteiger partial charge on any atom is -0.507 e. The first-order valence-electron chi connectivity index (χ1n) is 15.3. The van der Waals surface area contributed by atoms with Crippen LogP contribution in [0.3, 0.4) is 0 Å². The molecule has 2 bridgehead atoms. The summed E-state index contributed by atoms with van der Waals surface area (Å²) in [7, 11) is 0. The predicted octanol–water partition coefficient (Wildman–Crippen LogP) is 4.20. The number of ketones is 1. The van der Waals surface area contributed by atoms with Crippen molar-refractivity contribution >= 4 is 50.2 Å². The summed E-state index contributed by atoms with van der Waals surface area (Å²) in [6, 6.07) is 11.5. The molecular weight excluding hydrogens is 616 g/mol. The van der Waals surface area contributed by atoms with Crippen molar-refractivity contribution in [1.29, 1.82) is 0 Å². The van der Waals surface area contributed by atoms with E-state index in [-0.39, 0.29) is 44.0 Å². The lowest BCUT2D eigenvalue weighted by Gasteiger charge is -2.44. The van der Waals surface area contributed by atoms with Crippen LogP contribution < -0.4 is 10.9 Å². The quantitative estimate of drug-likeness (QED) is 0.262. The summed E-state index contributed by atoms with van der Waals surface area (Å²) in [4.78, 5) is 73.9. The molecule has 0 radical (unpaired) electrons. The Morgan fingerprint density at radius 3 is 2.52 bits per heavy atom. The number of aromatic hydroxyl groups is 2. The summed E-state index contributed by atoms with van der Waals surface area (Å²) in [6.45, 7) is 4.05. The lowest BCUT2D eigenvalue weighted by atomic mass is 9.63. The third-order valence-electron chi connectivity index (χ3n) is 10.3. The lowest BCUT2D eigenvalue weighted by molar-refractivity contribution is -0.150. The minimum absolute atomic E-state index is 0.0612. The molecule has 0 amide bonds. The maximum atomic E-state index is 15.2. The van der Waals surface area contributed by atoms with Gasteiger partial charge in [-0.25, -0.2) is 4.79 Å². The SMILES string of the molecule is CC(=O)O[C@H]1[C@@H]2C(=O)c3c(C)cc(O)c4c3[C@@]1(COC4=O)c1c2c2c(C)cc(=O)c3c(O)n(-c4cccc5ncccc45)cc(c1=O)c23. The van der Waals surface area contributed by atoms with Crippen molar-refractivity contribution in [2.24, 2.45) is 0 Å². The zero-order valence-electron chi connectivity index (χ0n) is 25.7. The molecule has 0 unspecified atom stereocenters. The number of aromatic nitrogens is 2. The summed E-state index contributed by atoms with van der Waals surface area (Å²) in [5.74, 6) is -4.15. The Morgan fingerprint density at radius 1 is 0.958 bits per heavy atom. The Balaban J connectivity index is 1.52. The molecule has 4 aromatic carbocycles. The third kappa shape index (κ3) is 3.13. The van der Waals surface area contributed by atoms with Crippen LogP contribution in [0.2, 0.25) is 0 Å². The fourth-order valence-corrected chi connectivity index (χ4v) is 8.65. The molecule has 2 N–H and O–H groups in total. The fraction of sp³-hybridized carbons (Fsp3) is 0.189. The number of cyclic esters (lactones) is 1. The van der Waals surface area contributed by atoms with Crippen LogP contribution in [0.25, 0.3) is 38.1 Å². The van der Waals surface area contributed by atoms with Gasteiger partial charge in [0, 0.05) is 46.6 Å². The zero-order valence-corrected chi connectivity index (χ0v) is 25.7. The molecule has 48 heavy (non-hydrogen) atoms. The molecule has 3 aliphatic rings. The number of fused-ring (bicyclic) bond motifs is 5. The van der Waals surface area contributed by atoms with Crippen LogP contribution in [-0.2, 0) is 19.7 Å². The van der Waals surface area contributed by atoms with Gasteiger partial charge in [-0.05, 0) is 77.9 Å². The number of pyridine rings is 2. The number of carbonyl (C=O) groups is 3. The second-order valence-corrected chi connectivity index (χ2v) is 12.8. The van der Waals surface area contributed by atoms with E-state index in [0.717, 1.165) is 0 Å². The van der Waals surface area contributed by atoms with Crippen molar-refractivity contribution in [2.75, 3.05) is 6.61 Å². The molecule has 2 aliphatic carbocycles. The summed E-state index contributed by atoms with van der Waals surface area (Å²) < 4.78 is 13.0. The van der Waals surface area contributed by atoms with Crippen molar-refractivity contribution in [3.05, 3.63) is 114 Å². The molecule has 0 saturated carbocycles. The number of hydrogen-bond donors (Lipinski definition) is 2. The Morgan fingerprint density at radius 2 is 1.75 bits per heavy atom. The number of carbonyl (C=O) groups excluding carboxylic acids is 3. The van der Waals surface area contributed by atoms with Crippen molar-refractivity contribution in [3.63, 3.8) is 0 Å². The van der Waals surface area contributed by atoms with Gasteiger partial charge in [0.05, 0.1) is 27.9 Å². The molecular formula is C37H24N2O9. The highest BCUT2D eigenvalue weighted by atomic mass is 16.6. The van der Waals surface area contributed by atoms with Gasteiger partial charge >= 0.3 is 11.9 Å². The maximum absolute atomic E-state index is 15.2. The predicted molar refractivity (Wildman–Crippen MR) is 173 cm³/mol. The topological polar surface area (TPSA) is 162 Å². The van der Waals surface area contributed by atoms with Crippen molar-refractivity contribution in [1.82, 2.24) is 9.55 Å². The maximum Gasteiger partial charge on any atom is 0.342 e. The van der Waals surface area contributed by atoms with Gasteiger partial charge in [-0.1, -0.05) is 6.07 Å². The van der Waals surface area contributed by atoms with Gasteiger partial charge in [-0.2, -0.15) is 0 Å². The molecule has 0 saturated heterocycles. The molecule has 11 heteroatoms. The van der Waals surface area contributed by atoms with Gasteiger partial charge in [0.15, 0.2) is 16.6 Å². The van der Waals surface area contributed by atoms with Crippen LogP contribution in [0.1, 0.15) is 61.4 Å². The highest BCUT2D eigenvalue weighted by Gasteiger charge is 2.67. The van der Waals surface area contributed by atoms with E-state index in [1.54, 1.807) is 50.4 Å². The monoisotopic (exact) mass is 640 g/mol. The second kappa shape index (κ2) is 9.03. The van der Waals surface area contributed by atoms with Crippen molar-refractivity contribution < 1.29 is 34.1 Å². The molecule has 3 atom stereocenters. The van der Waals surface area contributed by atoms with E-state index >= 15 is 4.79 Å². The first-order valence-corrected chi connectivity index (χ1v) is 15.3. The molecule has 236 valence electrons. The first-order chi connectivity index (χ1) is 23.0. The van der Waals surface area contributed by atoms with E-state index in [1.165, 1.54) is 29.8 Å². The molecule has 1 spiro atoms. The summed E-state index contributed by atoms with van der Waals surface area (Å²) in [6.07, 6.45) is 1.78. The van der Waals surface area contributed by atoms with Crippen LogP contribution in [0.15, 0.2) is 64.4 Å². The number of ether oxygens (including phenoxy) is 2. The van der Waals surface area contributed by atoms with Gasteiger partial charge in [0.25, 0.3) is 0 Å². The molecule has 11 nitrogen and oxygen atoms in total. The second-order valence-electron chi connectivity index (χ2n) is 12.8. The molecule has 6 aromatic rings. The number of aryl methyl sites for hydroxylation is 2. The van der Waals surface area contributed by atoms with E-state index in [2.05, 4.69) is 4.98 Å². The van der Waals surface area contributed by atoms with Crippen LogP contribution in [0.5, 0.6) is 11.6 Å². The van der Waals surface area contributed by atoms with Crippen LogP contribution >= 0.6 is 0 Å². The van der Waals surface area contributed by atoms with E-state index in [4.69, 9.17) is 9.47 Å². The largest absolute Gasteiger partial charge is 0.507 e. The summed E-state index contributed by atoms with van der Waals surface area (Å²) in [5.41, 5.74) is -0.584.